The number of hydrogen-bond acceptors (Lipinski definition) is 3. The maximum atomic E-state index is 11.6. The molecule has 3 rings (SSSR count). The summed E-state index contributed by atoms with van der Waals surface area (Å²) in [7, 11) is 3.61. The third kappa shape index (κ3) is 1.40. The third-order valence-electron chi connectivity index (χ3n) is 3.45. The van der Waals surface area contributed by atoms with Crippen molar-refractivity contribution in [1.29, 1.82) is 0 Å². The van der Waals surface area contributed by atoms with E-state index in [0.29, 0.717) is 12.2 Å². The number of amides is 1. The summed E-state index contributed by atoms with van der Waals surface area (Å²) in [4.78, 5) is 13.3. The van der Waals surface area contributed by atoms with E-state index in [2.05, 4.69) is 5.10 Å². The molecule has 18 heavy (non-hydrogen) atoms. The number of rotatable bonds is 1. The van der Waals surface area contributed by atoms with E-state index in [1.165, 1.54) is 0 Å². The molecule has 2 aromatic rings. The Bertz CT molecular complexity index is 644. The Balaban J connectivity index is 2.10. The van der Waals surface area contributed by atoms with E-state index < -0.39 is 0 Å². The highest BCUT2D eigenvalue weighted by Gasteiger charge is 2.24. The maximum Gasteiger partial charge on any atom is 0.231 e. The predicted octanol–water partition coefficient (Wildman–Crippen LogP) is 1.19. The molecule has 0 atom stereocenters. The lowest BCUT2D eigenvalue weighted by Gasteiger charge is -2.10. The van der Waals surface area contributed by atoms with Crippen LogP contribution in [-0.4, -0.2) is 22.7 Å². The number of aryl methyl sites for hydroxylation is 1. The van der Waals surface area contributed by atoms with Crippen LogP contribution in [0.3, 0.4) is 0 Å². The minimum absolute atomic E-state index is 0.126. The Morgan fingerprint density at radius 1 is 1.33 bits per heavy atom. The Hall–Kier alpha value is -2.30. The lowest BCUT2D eigenvalue weighted by atomic mass is 10.0. The van der Waals surface area contributed by atoms with E-state index in [1.54, 1.807) is 22.8 Å². The third-order valence-corrected chi connectivity index (χ3v) is 3.45. The average molecular weight is 242 g/mol. The first kappa shape index (κ1) is 10.8. The van der Waals surface area contributed by atoms with Crippen LogP contribution >= 0.6 is 0 Å². The van der Waals surface area contributed by atoms with Gasteiger partial charge in [-0.15, -0.1) is 0 Å². The first-order chi connectivity index (χ1) is 8.58. The van der Waals surface area contributed by atoms with Crippen molar-refractivity contribution in [3.05, 3.63) is 30.0 Å². The lowest BCUT2D eigenvalue weighted by Crippen LogP contribution is -2.20. The van der Waals surface area contributed by atoms with Crippen molar-refractivity contribution in [2.75, 3.05) is 17.7 Å². The predicted molar refractivity (Wildman–Crippen MR) is 70.2 cm³/mol. The van der Waals surface area contributed by atoms with Crippen molar-refractivity contribution in [2.45, 2.75) is 6.42 Å². The van der Waals surface area contributed by atoms with Crippen LogP contribution < -0.4 is 10.6 Å². The molecule has 0 spiro atoms. The molecule has 1 aliphatic heterocycles. The fourth-order valence-electron chi connectivity index (χ4n) is 2.31. The smallest absolute Gasteiger partial charge is 0.231 e. The first-order valence-corrected chi connectivity index (χ1v) is 5.75. The van der Waals surface area contributed by atoms with Gasteiger partial charge in [0.2, 0.25) is 5.91 Å². The Kier molecular flexibility index (Phi) is 2.16. The minimum atomic E-state index is 0.126. The molecule has 5 nitrogen and oxygen atoms in total. The minimum Gasteiger partial charge on any atom is -0.383 e. The molecular weight excluding hydrogens is 228 g/mol. The standard InChI is InChI=1S/C13H14N4O/c1-16-11-4-3-8(5-9(11)6-12(16)18)10-7-15-17(2)13(10)14/h3-5,7H,6,14H2,1-2H3. The van der Waals surface area contributed by atoms with E-state index >= 15 is 0 Å². The quantitative estimate of drug-likeness (QED) is 0.817. The first-order valence-electron chi connectivity index (χ1n) is 5.75. The zero-order chi connectivity index (χ0) is 12.9. The second-order valence-corrected chi connectivity index (χ2v) is 4.54. The summed E-state index contributed by atoms with van der Waals surface area (Å²) in [5.41, 5.74) is 9.89. The van der Waals surface area contributed by atoms with Gasteiger partial charge >= 0.3 is 0 Å². The van der Waals surface area contributed by atoms with Crippen molar-refractivity contribution < 1.29 is 4.79 Å². The number of nitrogen functional groups attached to an aromatic ring is 1. The van der Waals surface area contributed by atoms with Crippen LogP contribution in [0.25, 0.3) is 11.1 Å². The van der Waals surface area contributed by atoms with Gasteiger partial charge in [-0.25, -0.2) is 0 Å². The summed E-state index contributed by atoms with van der Waals surface area (Å²) >= 11 is 0. The molecule has 0 radical (unpaired) electrons. The van der Waals surface area contributed by atoms with E-state index in [0.717, 1.165) is 22.4 Å². The SMILES string of the molecule is CN1C(=O)Cc2cc(-c3cnn(C)c3N)ccc21. The van der Waals surface area contributed by atoms with Crippen LogP contribution in [-0.2, 0) is 18.3 Å². The highest BCUT2D eigenvalue weighted by molar-refractivity contribution is 6.01. The molecule has 2 N–H and O–H groups in total. The number of carbonyl (C=O) groups excluding carboxylic acids is 1. The average Bonchev–Trinajstić information content (AvgIpc) is 2.82. The Morgan fingerprint density at radius 3 is 2.78 bits per heavy atom. The lowest BCUT2D eigenvalue weighted by molar-refractivity contribution is -0.117. The zero-order valence-electron chi connectivity index (χ0n) is 10.3. The summed E-state index contributed by atoms with van der Waals surface area (Å²) in [6.45, 7) is 0. The van der Waals surface area contributed by atoms with Crippen LogP contribution in [0, 0.1) is 0 Å². The van der Waals surface area contributed by atoms with E-state index in [1.807, 2.05) is 25.2 Å². The van der Waals surface area contributed by atoms with Gasteiger partial charge in [0.05, 0.1) is 12.6 Å². The number of likely N-dealkylation sites (N-methyl/N-ethyl adjacent to an activating group) is 1. The Labute approximate surface area is 105 Å². The van der Waals surface area contributed by atoms with Crippen molar-refractivity contribution in [2.24, 2.45) is 7.05 Å². The molecule has 0 unspecified atom stereocenters. The van der Waals surface area contributed by atoms with Gasteiger partial charge in [-0.2, -0.15) is 5.10 Å². The van der Waals surface area contributed by atoms with Gasteiger partial charge in [-0.3, -0.25) is 9.48 Å². The summed E-state index contributed by atoms with van der Waals surface area (Å²) in [6.07, 6.45) is 2.21. The monoisotopic (exact) mass is 242 g/mol. The largest absolute Gasteiger partial charge is 0.383 e. The number of nitrogens with zero attached hydrogens (tertiary/aromatic N) is 3. The van der Waals surface area contributed by atoms with E-state index in [-0.39, 0.29) is 5.91 Å². The maximum absolute atomic E-state index is 11.6. The number of fused-ring (bicyclic) bond motifs is 1. The van der Waals surface area contributed by atoms with Crippen molar-refractivity contribution >= 4 is 17.4 Å². The van der Waals surface area contributed by atoms with Gasteiger partial charge in [0.15, 0.2) is 0 Å². The summed E-state index contributed by atoms with van der Waals surface area (Å²) in [5, 5.41) is 4.13. The van der Waals surface area contributed by atoms with Gasteiger partial charge in [0, 0.05) is 25.3 Å². The van der Waals surface area contributed by atoms with Crippen LogP contribution in [0.5, 0.6) is 0 Å². The Morgan fingerprint density at radius 2 is 2.11 bits per heavy atom. The van der Waals surface area contributed by atoms with Crippen LogP contribution in [0.15, 0.2) is 24.4 Å². The topological polar surface area (TPSA) is 64.2 Å². The molecule has 0 bridgehead atoms. The highest BCUT2D eigenvalue weighted by Crippen LogP contribution is 2.33. The van der Waals surface area contributed by atoms with Crippen molar-refractivity contribution in [3.63, 3.8) is 0 Å². The van der Waals surface area contributed by atoms with Crippen molar-refractivity contribution in [3.8, 4) is 11.1 Å². The number of hydrogen-bond donors (Lipinski definition) is 1. The van der Waals surface area contributed by atoms with Gasteiger partial charge in [-0.1, -0.05) is 6.07 Å². The molecule has 1 aromatic carbocycles. The summed E-state index contributed by atoms with van der Waals surface area (Å²) in [5.74, 6) is 0.758. The van der Waals surface area contributed by atoms with Crippen LogP contribution in [0.2, 0.25) is 0 Å². The normalized spacial score (nSPS) is 14.1. The van der Waals surface area contributed by atoms with Gasteiger partial charge in [-0.05, 0) is 23.3 Å². The fourth-order valence-corrected chi connectivity index (χ4v) is 2.31. The molecule has 0 saturated heterocycles. The van der Waals surface area contributed by atoms with Crippen LogP contribution in [0.4, 0.5) is 11.5 Å². The molecule has 0 aliphatic carbocycles. The molecule has 5 heteroatoms. The molecule has 92 valence electrons. The van der Waals surface area contributed by atoms with Crippen molar-refractivity contribution in [1.82, 2.24) is 9.78 Å². The second-order valence-electron chi connectivity index (χ2n) is 4.54. The second kappa shape index (κ2) is 3.60. The summed E-state index contributed by atoms with van der Waals surface area (Å²) < 4.78 is 1.64. The zero-order valence-corrected chi connectivity index (χ0v) is 10.3. The molecule has 1 aliphatic rings. The molecule has 1 aromatic heterocycles. The fraction of sp³-hybridized carbons (Fsp3) is 0.231. The molecule has 2 heterocycles. The number of aromatic nitrogens is 2. The molecular formula is C13H14N4O. The number of carbonyl (C=O) groups is 1. The summed E-state index contributed by atoms with van der Waals surface area (Å²) in [6, 6.07) is 5.95. The van der Waals surface area contributed by atoms with Crippen LogP contribution in [0.1, 0.15) is 5.56 Å². The van der Waals surface area contributed by atoms with E-state index in [4.69, 9.17) is 5.73 Å². The number of anilines is 2. The van der Waals surface area contributed by atoms with Gasteiger partial charge in [0.1, 0.15) is 5.82 Å². The molecule has 1 amide bonds. The number of benzene rings is 1. The van der Waals surface area contributed by atoms with Gasteiger partial charge in [0.25, 0.3) is 0 Å². The number of nitrogens with two attached hydrogens (primary N) is 1. The van der Waals surface area contributed by atoms with Gasteiger partial charge < -0.3 is 10.6 Å². The molecule has 0 fully saturated rings. The molecule has 0 saturated carbocycles. The highest BCUT2D eigenvalue weighted by atomic mass is 16.2. The van der Waals surface area contributed by atoms with E-state index in [9.17, 15) is 4.79 Å².